The highest BCUT2D eigenvalue weighted by Crippen LogP contribution is 2.29. The number of hydrogen-bond acceptors (Lipinski definition) is 2. The van der Waals surface area contributed by atoms with Crippen molar-refractivity contribution in [2.45, 2.75) is 31.8 Å². The molecule has 18 heavy (non-hydrogen) atoms. The molecule has 0 amide bonds. The Morgan fingerprint density at radius 3 is 2.83 bits per heavy atom. The highest BCUT2D eigenvalue weighted by Gasteiger charge is 2.19. The van der Waals surface area contributed by atoms with Gasteiger partial charge in [-0.2, -0.15) is 0 Å². The van der Waals surface area contributed by atoms with Gasteiger partial charge < -0.3 is 10.1 Å². The first-order chi connectivity index (χ1) is 8.58. The molecule has 1 N–H and O–H groups in total. The molecule has 1 aromatic rings. The lowest BCUT2D eigenvalue weighted by molar-refractivity contribution is 0.0671. The minimum Gasteiger partial charge on any atom is -0.380 e. The van der Waals surface area contributed by atoms with Crippen LogP contribution in [0, 0.1) is 5.82 Å². The van der Waals surface area contributed by atoms with E-state index in [1.54, 1.807) is 0 Å². The van der Waals surface area contributed by atoms with Crippen LogP contribution in [0.2, 0.25) is 10.0 Å². The maximum Gasteiger partial charge on any atom is 0.142 e. The Hall–Kier alpha value is -0.350. The van der Waals surface area contributed by atoms with Gasteiger partial charge in [0.25, 0.3) is 0 Å². The molecule has 2 nitrogen and oxygen atoms in total. The van der Waals surface area contributed by atoms with Gasteiger partial charge in [-0.05, 0) is 37.5 Å². The van der Waals surface area contributed by atoms with Gasteiger partial charge >= 0.3 is 0 Å². The summed E-state index contributed by atoms with van der Waals surface area (Å²) >= 11 is 11.8. The molecule has 1 saturated heterocycles. The van der Waals surface area contributed by atoms with Gasteiger partial charge in [-0.3, -0.25) is 0 Å². The fourth-order valence-corrected chi connectivity index (χ4v) is 2.73. The van der Waals surface area contributed by atoms with E-state index in [-0.39, 0.29) is 11.1 Å². The summed E-state index contributed by atoms with van der Waals surface area (Å²) in [6.07, 6.45) is 2.12. The average molecular weight is 292 g/mol. The van der Waals surface area contributed by atoms with E-state index in [9.17, 15) is 4.39 Å². The van der Waals surface area contributed by atoms with Gasteiger partial charge in [-0.15, -0.1) is 0 Å². The Morgan fingerprint density at radius 1 is 1.39 bits per heavy atom. The van der Waals surface area contributed by atoms with Crippen molar-refractivity contribution in [1.29, 1.82) is 0 Å². The van der Waals surface area contributed by atoms with Crippen LogP contribution >= 0.6 is 23.2 Å². The van der Waals surface area contributed by atoms with E-state index in [4.69, 9.17) is 27.9 Å². The van der Waals surface area contributed by atoms with Gasteiger partial charge in [0.1, 0.15) is 5.82 Å². The summed E-state index contributed by atoms with van der Waals surface area (Å²) in [5.74, 6) is -0.440. The SMILES string of the molecule is CC(NC1CCCOC1)c1cc(F)c(Cl)cc1Cl. The fourth-order valence-electron chi connectivity index (χ4n) is 2.19. The molecule has 0 bridgehead atoms. The van der Waals surface area contributed by atoms with Crippen LogP contribution in [0.3, 0.4) is 0 Å². The molecule has 100 valence electrons. The van der Waals surface area contributed by atoms with E-state index < -0.39 is 5.82 Å². The summed E-state index contributed by atoms with van der Waals surface area (Å²) in [7, 11) is 0. The zero-order valence-corrected chi connectivity index (χ0v) is 11.7. The molecule has 1 aliphatic rings. The van der Waals surface area contributed by atoms with Gasteiger partial charge in [-0.1, -0.05) is 23.2 Å². The van der Waals surface area contributed by atoms with Crippen molar-refractivity contribution in [3.8, 4) is 0 Å². The minimum absolute atomic E-state index is 0.0315. The molecule has 2 atom stereocenters. The summed E-state index contributed by atoms with van der Waals surface area (Å²) in [6, 6.07) is 3.11. The molecule has 1 fully saturated rings. The van der Waals surface area contributed by atoms with E-state index in [2.05, 4.69) is 5.32 Å². The van der Waals surface area contributed by atoms with E-state index in [0.29, 0.717) is 17.7 Å². The van der Waals surface area contributed by atoms with Crippen LogP contribution in [0.5, 0.6) is 0 Å². The molecule has 1 aromatic carbocycles. The van der Waals surface area contributed by atoms with E-state index >= 15 is 0 Å². The summed E-state index contributed by atoms with van der Waals surface area (Å²) in [4.78, 5) is 0. The predicted octanol–water partition coefficient (Wildman–Crippen LogP) is 3.96. The molecular weight excluding hydrogens is 276 g/mol. The molecule has 5 heteroatoms. The van der Waals surface area contributed by atoms with Crippen LogP contribution < -0.4 is 5.32 Å². The van der Waals surface area contributed by atoms with Gasteiger partial charge in [0.15, 0.2) is 0 Å². The molecule has 0 spiro atoms. The molecular formula is C13H16Cl2FNO. The van der Waals surface area contributed by atoms with E-state index in [1.807, 2.05) is 6.92 Å². The first kappa shape index (κ1) is 14.1. The molecule has 1 heterocycles. The van der Waals surface area contributed by atoms with Gasteiger partial charge in [-0.25, -0.2) is 4.39 Å². The first-order valence-corrected chi connectivity index (χ1v) is 6.81. The zero-order valence-electron chi connectivity index (χ0n) is 10.2. The Labute approximate surface area is 116 Å². The summed E-state index contributed by atoms with van der Waals surface area (Å²) in [5.41, 5.74) is 0.726. The maximum atomic E-state index is 13.5. The van der Waals surface area contributed by atoms with Crippen LogP contribution in [-0.4, -0.2) is 19.3 Å². The number of benzene rings is 1. The molecule has 1 aliphatic heterocycles. The highest BCUT2D eigenvalue weighted by molar-refractivity contribution is 6.35. The number of hydrogen-bond donors (Lipinski definition) is 1. The topological polar surface area (TPSA) is 21.3 Å². The van der Waals surface area contributed by atoms with Gasteiger partial charge in [0, 0.05) is 23.7 Å². The number of halogens is 3. The lowest BCUT2D eigenvalue weighted by Gasteiger charge is -2.27. The second kappa shape index (κ2) is 6.20. The van der Waals surface area contributed by atoms with Crippen molar-refractivity contribution in [3.63, 3.8) is 0 Å². The second-order valence-corrected chi connectivity index (χ2v) is 5.40. The third kappa shape index (κ3) is 3.35. The van der Waals surface area contributed by atoms with Crippen LogP contribution in [0.4, 0.5) is 4.39 Å². The van der Waals surface area contributed by atoms with Crippen LogP contribution in [0.25, 0.3) is 0 Å². The summed E-state index contributed by atoms with van der Waals surface area (Å²) in [6.45, 7) is 3.48. The van der Waals surface area contributed by atoms with Crippen LogP contribution in [0.1, 0.15) is 31.4 Å². The van der Waals surface area contributed by atoms with Crippen molar-refractivity contribution >= 4 is 23.2 Å². The molecule has 0 aliphatic carbocycles. The zero-order chi connectivity index (χ0) is 13.1. The van der Waals surface area contributed by atoms with Gasteiger partial charge in [0.05, 0.1) is 11.6 Å². The monoisotopic (exact) mass is 291 g/mol. The summed E-state index contributed by atoms with van der Waals surface area (Å²) < 4.78 is 18.9. The fraction of sp³-hybridized carbons (Fsp3) is 0.538. The normalized spacial score (nSPS) is 21.9. The Morgan fingerprint density at radius 2 is 2.17 bits per heavy atom. The third-order valence-corrected chi connectivity index (χ3v) is 3.77. The molecule has 2 rings (SSSR count). The Kier molecular flexibility index (Phi) is 4.84. The largest absolute Gasteiger partial charge is 0.380 e. The van der Waals surface area contributed by atoms with Crippen molar-refractivity contribution < 1.29 is 9.13 Å². The highest BCUT2D eigenvalue weighted by atomic mass is 35.5. The second-order valence-electron chi connectivity index (χ2n) is 4.59. The van der Waals surface area contributed by atoms with Crippen molar-refractivity contribution in [2.24, 2.45) is 0 Å². The third-order valence-electron chi connectivity index (χ3n) is 3.15. The van der Waals surface area contributed by atoms with Crippen LogP contribution in [0.15, 0.2) is 12.1 Å². The Bertz CT molecular complexity index is 422. The van der Waals surface area contributed by atoms with E-state index in [1.165, 1.54) is 12.1 Å². The Balaban J connectivity index is 2.08. The van der Waals surface area contributed by atoms with E-state index in [0.717, 1.165) is 25.0 Å². The lowest BCUT2D eigenvalue weighted by atomic mass is 10.0. The first-order valence-electron chi connectivity index (χ1n) is 6.06. The van der Waals surface area contributed by atoms with Crippen molar-refractivity contribution in [1.82, 2.24) is 5.32 Å². The standard InChI is InChI=1S/C13H16Cl2FNO/c1-8(17-9-3-2-4-18-7-9)10-5-13(16)12(15)6-11(10)14/h5-6,8-9,17H,2-4,7H2,1H3. The summed E-state index contributed by atoms with van der Waals surface area (Å²) in [5, 5.41) is 3.94. The molecule has 0 radical (unpaired) electrons. The molecule has 0 aromatic heterocycles. The quantitative estimate of drug-likeness (QED) is 0.851. The number of nitrogens with one attached hydrogen (secondary N) is 1. The maximum absolute atomic E-state index is 13.5. The number of rotatable bonds is 3. The van der Waals surface area contributed by atoms with Gasteiger partial charge in [0.2, 0.25) is 0 Å². The minimum atomic E-state index is -0.440. The van der Waals surface area contributed by atoms with Crippen LogP contribution in [-0.2, 0) is 4.74 Å². The lowest BCUT2D eigenvalue weighted by Crippen LogP contribution is -2.38. The van der Waals surface area contributed by atoms with Crippen molar-refractivity contribution in [2.75, 3.05) is 13.2 Å². The molecule has 2 unspecified atom stereocenters. The molecule has 0 saturated carbocycles. The predicted molar refractivity (Wildman–Crippen MR) is 71.8 cm³/mol. The van der Waals surface area contributed by atoms with Crippen molar-refractivity contribution in [3.05, 3.63) is 33.6 Å². The number of ether oxygens (including phenoxy) is 1. The smallest absolute Gasteiger partial charge is 0.142 e. The average Bonchev–Trinajstić information content (AvgIpc) is 2.35.